The highest BCUT2D eigenvalue weighted by molar-refractivity contribution is 5.78. The fourth-order valence-electron chi connectivity index (χ4n) is 1.95. The Kier molecular flexibility index (Phi) is 3.93. The summed E-state index contributed by atoms with van der Waals surface area (Å²) in [7, 11) is 1.61. The van der Waals surface area contributed by atoms with Crippen LogP contribution in [0, 0.1) is 0 Å². The molecule has 5 heteroatoms. The lowest BCUT2D eigenvalue weighted by molar-refractivity contribution is -0.119. The van der Waals surface area contributed by atoms with Crippen LogP contribution in [0.25, 0.3) is 0 Å². The van der Waals surface area contributed by atoms with E-state index in [1.807, 2.05) is 12.1 Å². The van der Waals surface area contributed by atoms with Crippen LogP contribution in [0.15, 0.2) is 18.3 Å². The molecule has 92 valence electrons. The zero-order valence-electron chi connectivity index (χ0n) is 9.90. The topological polar surface area (TPSA) is 63.2 Å². The van der Waals surface area contributed by atoms with Crippen LogP contribution in [-0.2, 0) is 11.3 Å². The second kappa shape index (κ2) is 5.63. The van der Waals surface area contributed by atoms with Crippen LogP contribution >= 0.6 is 0 Å². The first-order valence-corrected chi connectivity index (χ1v) is 5.77. The Morgan fingerprint density at radius 3 is 3.24 bits per heavy atom. The van der Waals surface area contributed by atoms with E-state index in [1.54, 1.807) is 13.3 Å². The molecule has 0 spiro atoms. The summed E-state index contributed by atoms with van der Waals surface area (Å²) in [5.41, 5.74) is 1.03. The first kappa shape index (κ1) is 11.9. The number of ether oxygens (including phenoxy) is 1. The zero-order valence-corrected chi connectivity index (χ0v) is 9.90. The number of aromatic nitrogens is 1. The molecule has 2 N–H and O–H groups in total. The molecule has 2 heterocycles. The van der Waals surface area contributed by atoms with E-state index < -0.39 is 0 Å². The number of carbonyl (C=O) groups excluding carboxylic acids is 1. The maximum atomic E-state index is 11.0. The quantitative estimate of drug-likeness (QED) is 0.778. The number of amides is 1. The van der Waals surface area contributed by atoms with Gasteiger partial charge in [-0.15, -0.1) is 0 Å². The summed E-state index contributed by atoms with van der Waals surface area (Å²) in [6, 6.07) is 4.12. The van der Waals surface area contributed by atoms with E-state index in [2.05, 4.69) is 15.6 Å². The van der Waals surface area contributed by atoms with Crippen molar-refractivity contribution in [1.29, 1.82) is 0 Å². The zero-order chi connectivity index (χ0) is 12.1. The molecule has 0 bridgehead atoms. The summed E-state index contributed by atoms with van der Waals surface area (Å²) in [6.45, 7) is 1.48. The van der Waals surface area contributed by atoms with Crippen molar-refractivity contribution in [2.24, 2.45) is 0 Å². The highest BCUT2D eigenvalue weighted by Gasteiger charge is 2.19. The van der Waals surface area contributed by atoms with Crippen molar-refractivity contribution in [1.82, 2.24) is 15.6 Å². The van der Waals surface area contributed by atoms with E-state index in [0.29, 0.717) is 18.8 Å². The van der Waals surface area contributed by atoms with Crippen molar-refractivity contribution in [2.75, 3.05) is 13.7 Å². The van der Waals surface area contributed by atoms with Gasteiger partial charge in [0.15, 0.2) is 0 Å². The van der Waals surface area contributed by atoms with Gasteiger partial charge in [-0.2, -0.15) is 0 Å². The van der Waals surface area contributed by atoms with Gasteiger partial charge in [-0.3, -0.25) is 4.79 Å². The third-order valence-electron chi connectivity index (χ3n) is 2.83. The van der Waals surface area contributed by atoms with E-state index in [-0.39, 0.29) is 11.9 Å². The largest absolute Gasteiger partial charge is 0.481 e. The summed E-state index contributed by atoms with van der Waals surface area (Å²) in [6.07, 6.45) is 3.26. The molecular weight excluding hydrogens is 218 g/mol. The van der Waals surface area contributed by atoms with Crippen molar-refractivity contribution in [3.05, 3.63) is 23.9 Å². The second-order valence-electron chi connectivity index (χ2n) is 4.11. The molecule has 1 unspecified atom stereocenters. The van der Waals surface area contributed by atoms with E-state index in [9.17, 15) is 4.79 Å². The second-order valence-corrected chi connectivity index (χ2v) is 4.11. The van der Waals surface area contributed by atoms with Crippen LogP contribution in [0.2, 0.25) is 0 Å². The molecular formula is C12H17N3O2. The molecule has 1 fully saturated rings. The number of nitrogens with zero attached hydrogens (tertiary/aromatic N) is 1. The number of nitrogens with one attached hydrogen (secondary N) is 2. The van der Waals surface area contributed by atoms with Crippen LogP contribution in [0.1, 0.15) is 18.4 Å². The van der Waals surface area contributed by atoms with Gasteiger partial charge in [0.05, 0.1) is 7.11 Å². The van der Waals surface area contributed by atoms with Gasteiger partial charge in [0.25, 0.3) is 0 Å². The minimum Gasteiger partial charge on any atom is -0.481 e. The van der Waals surface area contributed by atoms with Crippen LogP contribution in [0.4, 0.5) is 0 Å². The Morgan fingerprint density at radius 1 is 1.65 bits per heavy atom. The van der Waals surface area contributed by atoms with Crippen LogP contribution in [0.5, 0.6) is 5.88 Å². The van der Waals surface area contributed by atoms with Crippen LogP contribution in [0.3, 0.4) is 0 Å². The number of pyridine rings is 1. The first-order valence-electron chi connectivity index (χ1n) is 5.77. The Morgan fingerprint density at radius 2 is 2.53 bits per heavy atom. The number of rotatable bonds is 5. The number of carbonyl (C=O) groups is 1. The number of hydrogen-bond donors (Lipinski definition) is 2. The lowest BCUT2D eigenvalue weighted by atomic mass is 10.2. The summed E-state index contributed by atoms with van der Waals surface area (Å²) in [5, 5.41) is 6.22. The van der Waals surface area contributed by atoms with Gasteiger partial charge in [0.2, 0.25) is 11.8 Å². The fraction of sp³-hybridized carbons (Fsp3) is 0.500. The van der Waals surface area contributed by atoms with Gasteiger partial charge in [-0.25, -0.2) is 4.98 Å². The van der Waals surface area contributed by atoms with Crippen molar-refractivity contribution < 1.29 is 9.53 Å². The predicted molar refractivity (Wildman–Crippen MR) is 63.7 cm³/mol. The summed E-state index contributed by atoms with van der Waals surface area (Å²) in [4.78, 5) is 15.1. The van der Waals surface area contributed by atoms with Crippen molar-refractivity contribution in [3.63, 3.8) is 0 Å². The summed E-state index contributed by atoms with van der Waals surface area (Å²) >= 11 is 0. The molecule has 1 saturated heterocycles. The normalized spacial score (nSPS) is 19.1. The SMILES string of the molecule is COc1ncccc1CNCC1CCC(=O)N1. The van der Waals surface area contributed by atoms with Crippen molar-refractivity contribution in [3.8, 4) is 5.88 Å². The highest BCUT2D eigenvalue weighted by Crippen LogP contribution is 2.13. The van der Waals surface area contributed by atoms with E-state index in [0.717, 1.165) is 18.5 Å². The molecule has 1 aromatic rings. The Balaban J connectivity index is 1.79. The van der Waals surface area contributed by atoms with Crippen molar-refractivity contribution in [2.45, 2.75) is 25.4 Å². The van der Waals surface area contributed by atoms with Crippen molar-refractivity contribution >= 4 is 5.91 Å². The first-order chi connectivity index (χ1) is 8.29. The van der Waals surface area contributed by atoms with E-state index in [1.165, 1.54) is 0 Å². The molecule has 0 aromatic carbocycles. The van der Waals surface area contributed by atoms with E-state index in [4.69, 9.17) is 4.74 Å². The Labute approximate surface area is 101 Å². The molecule has 0 radical (unpaired) electrons. The molecule has 1 aliphatic rings. The molecule has 1 atom stereocenters. The van der Waals surface area contributed by atoms with Crippen LogP contribution in [-0.4, -0.2) is 30.6 Å². The van der Waals surface area contributed by atoms with Gasteiger partial charge in [0.1, 0.15) is 0 Å². The average molecular weight is 235 g/mol. The minimum absolute atomic E-state index is 0.149. The molecule has 1 aliphatic heterocycles. The minimum atomic E-state index is 0.149. The van der Waals surface area contributed by atoms with Gasteiger partial charge < -0.3 is 15.4 Å². The van der Waals surface area contributed by atoms with Gasteiger partial charge in [-0.1, -0.05) is 6.07 Å². The lowest BCUT2D eigenvalue weighted by Gasteiger charge is -2.12. The highest BCUT2D eigenvalue weighted by atomic mass is 16.5. The maximum Gasteiger partial charge on any atom is 0.220 e. The monoisotopic (exact) mass is 235 g/mol. The molecule has 1 aromatic heterocycles. The molecule has 1 amide bonds. The number of methoxy groups -OCH3 is 1. The average Bonchev–Trinajstić information content (AvgIpc) is 2.76. The molecule has 2 rings (SSSR count). The fourth-order valence-corrected chi connectivity index (χ4v) is 1.95. The standard InChI is InChI=1S/C12H17N3O2/c1-17-12-9(3-2-6-14-12)7-13-8-10-4-5-11(16)15-10/h2-3,6,10,13H,4-5,7-8H2,1H3,(H,15,16). The molecule has 0 saturated carbocycles. The Bertz CT molecular complexity index is 395. The van der Waals surface area contributed by atoms with Gasteiger partial charge >= 0.3 is 0 Å². The predicted octanol–water partition coefficient (Wildman–Crippen LogP) is 0.458. The van der Waals surface area contributed by atoms with Gasteiger partial charge in [-0.05, 0) is 12.5 Å². The summed E-state index contributed by atoms with van der Waals surface area (Å²) in [5.74, 6) is 0.797. The molecule has 5 nitrogen and oxygen atoms in total. The van der Waals surface area contributed by atoms with Crippen LogP contribution < -0.4 is 15.4 Å². The lowest BCUT2D eigenvalue weighted by Crippen LogP contribution is -2.35. The maximum absolute atomic E-state index is 11.0. The smallest absolute Gasteiger partial charge is 0.220 e. The Hall–Kier alpha value is -1.62. The van der Waals surface area contributed by atoms with E-state index >= 15 is 0 Å². The summed E-state index contributed by atoms with van der Waals surface area (Å²) < 4.78 is 5.16. The van der Waals surface area contributed by atoms with Gasteiger partial charge in [0, 0.05) is 37.3 Å². The molecule has 17 heavy (non-hydrogen) atoms. The third-order valence-corrected chi connectivity index (χ3v) is 2.83. The molecule has 0 aliphatic carbocycles. The number of hydrogen-bond acceptors (Lipinski definition) is 4. The third kappa shape index (κ3) is 3.17.